The number of nitrogens with one attached hydrogen (secondary N) is 1. The van der Waals surface area contributed by atoms with Gasteiger partial charge in [0.25, 0.3) is 0 Å². The summed E-state index contributed by atoms with van der Waals surface area (Å²) < 4.78 is 0. The Bertz CT molecular complexity index is 270. The highest BCUT2D eigenvalue weighted by molar-refractivity contribution is 7.98. The molecule has 1 aliphatic rings. The maximum atomic E-state index is 4.02. The van der Waals surface area contributed by atoms with E-state index < -0.39 is 0 Å². The molecular formula is C12H18N2S. The van der Waals surface area contributed by atoms with Gasteiger partial charge in [0.2, 0.25) is 0 Å². The molecule has 0 unspecified atom stereocenters. The lowest BCUT2D eigenvalue weighted by atomic mass is 10.0. The van der Waals surface area contributed by atoms with Crippen LogP contribution in [0.5, 0.6) is 0 Å². The molecule has 1 saturated heterocycles. The van der Waals surface area contributed by atoms with E-state index in [-0.39, 0.29) is 0 Å². The zero-order chi connectivity index (χ0) is 10.3. The molecule has 2 nitrogen and oxygen atoms in total. The van der Waals surface area contributed by atoms with Gasteiger partial charge in [-0.1, -0.05) is 0 Å². The van der Waals surface area contributed by atoms with Crippen LogP contribution in [0, 0.1) is 5.92 Å². The Morgan fingerprint density at radius 3 is 3.00 bits per heavy atom. The van der Waals surface area contributed by atoms with Gasteiger partial charge in [-0.15, -0.1) is 0 Å². The Hall–Kier alpha value is -0.540. The van der Waals surface area contributed by atoms with Crippen molar-refractivity contribution in [1.82, 2.24) is 10.3 Å². The number of piperidine rings is 1. The van der Waals surface area contributed by atoms with E-state index in [0.29, 0.717) is 0 Å². The first-order valence-corrected chi connectivity index (χ1v) is 6.78. The molecule has 1 fully saturated rings. The van der Waals surface area contributed by atoms with Crippen LogP contribution < -0.4 is 5.32 Å². The van der Waals surface area contributed by atoms with Gasteiger partial charge < -0.3 is 5.32 Å². The summed E-state index contributed by atoms with van der Waals surface area (Å²) in [5.41, 5.74) is 1.39. The molecular weight excluding hydrogens is 204 g/mol. The lowest BCUT2D eigenvalue weighted by Gasteiger charge is -2.22. The highest BCUT2D eigenvalue weighted by Gasteiger charge is 2.12. The summed E-state index contributed by atoms with van der Waals surface area (Å²) in [7, 11) is 0. The molecule has 15 heavy (non-hydrogen) atoms. The second-order valence-electron chi connectivity index (χ2n) is 4.08. The molecule has 2 rings (SSSR count). The third-order valence-electron chi connectivity index (χ3n) is 2.77. The zero-order valence-corrected chi connectivity index (χ0v) is 9.80. The molecule has 82 valence electrons. The molecule has 1 atom stereocenters. The van der Waals surface area contributed by atoms with Crippen molar-refractivity contribution in [3.63, 3.8) is 0 Å². The van der Waals surface area contributed by atoms with Gasteiger partial charge in [0.15, 0.2) is 0 Å². The number of rotatable bonds is 4. The Morgan fingerprint density at radius 2 is 2.27 bits per heavy atom. The van der Waals surface area contributed by atoms with Crippen LogP contribution in [-0.2, 0) is 5.75 Å². The smallest absolute Gasteiger partial charge is 0.0270 e. The third kappa shape index (κ3) is 3.84. The molecule has 0 saturated carbocycles. The van der Waals surface area contributed by atoms with Gasteiger partial charge in [0.05, 0.1) is 0 Å². The Labute approximate surface area is 95.9 Å². The Balaban J connectivity index is 1.66. The fraction of sp³-hybridized carbons (Fsp3) is 0.583. The van der Waals surface area contributed by atoms with Crippen molar-refractivity contribution < 1.29 is 0 Å². The Morgan fingerprint density at radius 1 is 1.40 bits per heavy atom. The van der Waals surface area contributed by atoms with E-state index >= 15 is 0 Å². The van der Waals surface area contributed by atoms with Gasteiger partial charge in [-0.05, 0) is 55.3 Å². The normalized spacial score (nSPS) is 21.5. The van der Waals surface area contributed by atoms with Gasteiger partial charge in [0.1, 0.15) is 0 Å². The minimum atomic E-state index is 0.880. The van der Waals surface area contributed by atoms with Crippen molar-refractivity contribution in [3.8, 4) is 0 Å². The van der Waals surface area contributed by atoms with Gasteiger partial charge in [-0.3, -0.25) is 4.98 Å². The fourth-order valence-corrected chi connectivity index (χ4v) is 3.05. The average molecular weight is 222 g/mol. The molecule has 1 aliphatic heterocycles. The van der Waals surface area contributed by atoms with Crippen LogP contribution in [-0.4, -0.2) is 23.8 Å². The largest absolute Gasteiger partial charge is 0.316 e. The summed E-state index contributed by atoms with van der Waals surface area (Å²) >= 11 is 2.05. The highest BCUT2D eigenvalue weighted by Crippen LogP contribution is 2.19. The van der Waals surface area contributed by atoms with E-state index in [1.54, 1.807) is 0 Å². The highest BCUT2D eigenvalue weighted by atomic mass is 32.2. The predicted octanol–water partition coefficient (Wildman–Crippen LogP) is 2.31. The molecule has 0 spiro atoms. The second kappa shape index (κ2) is 6.13. The van der Waals surface area contributed by atoms with Crippen LogP contribution in [0.25, 0.3) is 0 Å². The monoisotopic (exact) mass is 222 g/mol. The van der Waals surface area contributed by atoms with E-state index in [9.17, 15) is 0 Å². The van der Waals surface area contributed by atoms with Crippen LogP contribution >= 0.6 is 11.8 Å². The first-order valence-electron chi connectivity index (χ1n) is 5.62. The molecule has 0 amide bonds. The maximum Gasteiger partial charge on any atom is 0.0270 e. The van der Waals surface area contributed by atoms with Gasteiger partial charge in [-0.25, -0.2) is 0 Å². The van der Waals surface area contributed by atoms with Crippen molar-refractivity contribution in [2.24, 2.45) is 5.92 Å². The fourth-order valence-electron chi connectivity index (χ4n) is 1.89. The van der Waals surface area contributed by atoms with Crippen LogP contribution in [0.15, 0.2) is 24.5 Å². The van der Waals surface area contributed by atoms with Gasteiger partial charge in [0, 0.05) is 18.1 Å². The average Bonchev–Trinajstić information content (AvgIpc) is 2.32. The van der Waals surface area contributed by atoms with Gasteiger partial charge in [-0.2, -0.15) is 11.8 Å². The quantitative estimate of drug-likeness (QED) is 0.846. The number of pyridine rings is 1. The molecule has 0 aliphatic carbocycles. The summed E-state index contributed by atoms with van der Waals surface area (Å²) in [5.74, 6) is 3.29. The summed E-state index contributed by atoms with van der Waals surface area (Å²) in [6, 6.07) is 4.21. The Kier molecular flexibility index (Phi) is 4.48. The van der Waals surface area contributed by atoms with E-state index in [4.69, 9.17) is 0 Å². The molecule has 0 radical (unpaired) electrons. The van der Waals surface area contributed by atoms with Crippen LogP contribution in [0.4, 0.5) is 0 Å². The lowest BCUT2D eigenvalue weighted by molar-refractivity contribution is 0.410. The second-order valence-corrected chi connectivity index (χ2v) is 5.11. The number of nitrogens with zero attached hydrogens (tertiary/aromatic N) is 1. The molecule has 1 aromatic heterocycles. The van der Waals surface area contributed by atoms with Crippen LogP contribution in [0.2, 0.25) is 0 Å². The van der Waals surface area contributed by atoms with Crippen LogP contribution in [0.1, 0.15) is 18.4 Å². The SMILES string of the molecule is c1cc(CSC[C@H]2CCCNC2)ccn1. The van der Waals surface area contributed by atoms with E-state index in [2.05, 4.69) is 22.4 Å². The van der Waals surface area contributed by atoms with Crippen molar-refractivity contribution in [2.45, 2.75) is 18.6 Å². The minimum Gasteiger partial charge on any atom is -0.316 e. The number of aromatic nitrogens is 1. The van der Waals surface area contributed by atoms with Crippen LogP contribution in [0.3, 0.4) is 0 Å². The summed E-state index contributed by atoms with van der Waals surface area (Å²) in [4.78, 5) is 4.02. The molecule has 2 heterocycles. The van der Waals surface area contributed by atoms with Crippen molar-refractivity contribution in [1.29, 1.82) is 0 Å². The van der Waals surface area contributed by atoms with Crippen molar-refractivity contribution in [2.75, 3.05) is 18.8 Å². The van der Waals surface area contributed by atoms with E-state index in [1.807, 2.05) is 24.2 Å². The molecule has 1 N–H and O–H groups in total. The summed E-state index contributed by atoms with van der Waals surface area (Å²) in [6.45, 7) is 2.43. The van der Waals surface area contributed by atoms with E-state index in [1.165, 1.54) is 37.2 Å². The minimum absolute atomic E-state index is 0.880. The molecule has 0 bridgehead atoms. The number of thioether (sulfide) groups is 1. The number of hydrogen-bond donors (Lipinski definition) is 1. The first-order chi connectivity index (χ1) is 7.45. The first kappa shape index (κ1) is 11.0. The molecule has 3 heteroatoms. The van der Waals surface area contributed by atoms with Crippen molar-refractivity contribution in [3.05, 3.63) is 30.1 Å². The molecule has 0 aromatic carbocycles. The van der Waals surface area contributed by atoms with Gasteiger partial charge >= 0.3 is 0 Å². The predicted molar refractivity (Wildman–Crippen MR) is 66.0 cm³/mol. The van der Waals surface area contributed by atoms with E-state index in [0.717, 1.165) is 11.7 Å². The summed E-state index contributed by atoms with van der Waals surface area (Å²) in [6.07, 6.45) is 6.49. The standard InChI is InChI=1S/C12H18N2S/c1-2-12(8-14-5-1)10-15-9-11-3-6-13-7-4-11/h3-4,6-7,12,14H,1-2,5,8-10H2/t12-/m0/s1. The summed E-state index contributed by atoms with van der Waals surface area (Å²) in [5, 5.41) is 3.46. The lowest BCUT2D eigenvalue weighted by Crippen LogP contribution is -2.30. The topological polar surface area (TPSA) is 24.9 Å². The molecule has 1 aromatic rings. The van der Waals surface area contributed by atoms with Crippen molar-refractivity contribution >= 4 is 11.8 Å². The maximum absolute atomic E-state index is 4.02. The third-order valence-corrected chi connectivity index (χ3v) is 4.02. The number of hydrogen-bond acceptors (Lipinski definition) is 3. The zero-order valence-electron chi connectivity index (χ0n) is 8.98.